The number of aryl methyl sites for hydroxylation is 1. The van der Waals surface area contributed by atoms with Gasteiger partial charge in [0.05, 0.1) is 17.6 Å². The number of imidazole rings is 1. The number of rotatable bonds is 4. The standard InChI is InChI=1S/C13H11FN4OS/c1-8-17-18-12(19-8)7-20-13-15-6-11(16-13)9-2-4-10(14)5-3-9/h2-6H,7H2,1H3,(H,15,16). The lowest BCUT2D eigenvalue weighted by molar-refractivity contribution is 0.485. The molecule has 0 spiro atoms. The maximum atomic E-state index is 12.9. The Morgan fingerprint density at radius 2 is 2.05 bits per heavy atom. The number of thioether (sulfide) groups is 1. The van der Waals surface area contributed by atoms with Crippen molar-refractivity contribution in [1.82, 2.24) is 20.2 Å². The molecule has 0 amide bonds. The molecule has 0 saturated heterocycles. The summed E-state index contributed by atoms with van der Waals surface area (Å²) in [7, 11) is 0. The lowest BCUT2D eigenvalue weighted by Crippen LogP contribution is -1.82. The number of halogens is 1. The second-order valence-corrected chi connectivity index (χ2v) is 5.08. The zero-order valence-corrected chi connectivity index (χ0v) is 11.4. The molecule has 0 unspecified atom stereocenters. The third kappa shape index (κ3) is 2.88. The van der Waals surface area contributed by atoms with E-state index in [1.807, 2.05) is 0 Å². The minimum absolute atomic E-state index is 0.255. The maximum absolute atomic E-state index is 12.9. The molecular weight excluding hydrogens is 279 g/mol. The molecule has 7 heteroatoms. The highest BCUT2D eigenvalue weighted by Gasteiger charge is 2.07. The third-order valence-electron chi connectivity index (χ3n) is 2.61. The molecule has 2 heterocycles. The van der Waals surface area contributed by atoms with E-state index in [1.54, 1.807) is 25.3 Å². The van der Waals surface area contributed by atoms with Gasteiger partial charge in [-0.3, -0.25) is 0 Å². The summed E-state index contributed by atoms with van der Waals surface area (Å²) in [4.78, 5) is 7.43. The number of hydrogen-bond acceptors (Lipinski definition) is 5. The molecule has 0 radical (unpaired) electrons. The fraction of sp³-hybridized carbons (Fsp3) is 0.154. The summed E-state index contributed by atoms with van der Waals surface area (Å²) in [6.45, 7) is 1.75. The van der Waals surface area contributed by atoms with Crippen molar-refractivity contribution in [1.29, 1.82) is 0 Å². The Morgan fingerprint density at radius 1 is 1.25 bits per heavy atom. The van der Waals surface area contributed by atoms with Crippen LogP contribution in [-0.4, -0.2) is 20.2 Å². The van der Waals surface area contributed by atoms with Gasteiger partial charge in [-0.25, -0.2) is 9.37 Å². The Balaban J connectivity index is 1.69. The van der Waals surface area contributed by atoms with Gasteiger partial charge in [-0.2, -0.15) is 0 Å². The highest BCUT2D eigenvalue weighted by atomic mass is 32.2. The molecule has 3 rings (SSSR count). The molecule has 0 atom stereocenters. The van der Waals surface area contributed by atoms with Gasteiger partial charge in [0.2, 0.25) is 11.8 Å². The molecule has 0 bridgehead atoms. The molecule has 20 heavy (non-hydrogen) atoms. The van der Waals surface area contributed by atoms with E-state index in [-0.39, 0.29) is 5.82 Å². The number of aromatic nitrogens is 4. The molecule has 0 saturated carbocycles. The first-order valence-electron chi connectivity index (χ1n) is 5.93. The van der Waals surface area contributed by atoms with Gasteiger partial charge < -0.3 is 9.40 Å². The molecule has 102 valence electrons. The number of nitrogens with one attached hydrogen (secondary N) is 1. The summed E-state index contributed by atoms with van der Waals surface area (Å²) in [6, 6.07) is 6.26. The predicted molar refractivity (Wildman–Crippen MR) is 72.6 cm³/mol. The van der Waals surface area contributed by atoms with E-state index < -0.39 is 0 Å². The second-order valence-electron chi connectivity index (χ2n) is 4.11. The molecule has 0 aliphatic carbocycles. The van der Waals surface area contributed by atoms with Gasteiger partial charge in [-0.05, 0) is 29.8 Å². The van der Waals surface area contributed by atoms with Crippen molar-refractivity contribution >= 4 is 11.8 Å². The fourth-order valence-corrected chi connectivity index (χ4v) is 2.36. The maximum Gasteiger partial charge on any atom is 0.226 e. The first-order chi connectivity index (χ1) is 9.70. The van der Waals surface area contributed by atoms with E-state index in [1.165, 1.54) is 23.9 Å². The number of hydrogen-bond donors (Lipinski definition) is 1. The highest BCUT2D eigenvalue weighted by molar-refractivity contribution is 7.98. The van der Waals surface area contributed by atoms with E-state index >= 15 is 0 Å². The smallest absolute Gasteiger partial charge is 0.226 e. The molecule has 5 nitrogen and oxygen atoms in total. The second kappa shape index (κ2) is 5.46. The van der Waals surface area contributed by atoms with Crippen molar-refractivity contribution in [3.8, 4) is 11.3 Å². The van der Waals surface area contributed by atoms with Gasteiger partial charge in [-0.15, -0.1) is 10.2 Å². The summed E-state index contributed by atoms with van der Waals surface area (Å²) in [5, 5.41) is 8.43. The van der Waals surface area contributed by atoms with Crippen LogP contribution in [0, 0.1) is 12.7 Å². The first-order valence-corrected chi connectivity index (χ1v) is 6.92. The van der Waals surface area contributed by atoms with Crippen LogP contribution in [0.2, 0.25) is 0 Å². The zero-order valence-electron chi connectivity index (χ0n) is 10.6. The van der Waals surface area contributed by atoms with Crippen molar-refractivity contribution in [3.05, 3.63) is 48.1 Å². The fourth-order valence-electron chi connectivity index (χ4n) is 1.68. The normalized spacial score (nSPS) is 10.9. The van der Waals surface area contributed by atoms with Crippen LogP contribution in [0.15, 0.2) is 40.0 Å². The molecule has 1 aromatic carbocycles. The molecule has 3 aromatic rings. The lowest BCUT2D eigenvalue weighted by Gasteiger charge is -1.96. The van der Waals surface area contributed by atoms with Crippen molar-refractivity contribution in [2.45, 2.75) is 17.8 Å². The van der Waals surface area contributed by atoms with E-state index in [0.717, 1.165) is 16.4 Å². The molecule has 0 fully saturated rings. The molecule has 0 aliphatic heterocycles. The Kier molecular flexibility index (Phi) is 3.51. The van der Waals surface area contributed by atoms with Gasteiger partial charge in [0.1, 0.15) is 5.82 Å². The van der Waals surface area contributed by atoms with Crippen LogP contribution in [0.1, 0.15) is 11.8 Å². The Hall–Kier alpha value is -2.15. The summed E-state index contributed by atoms with van der Waals surface area (Å²) >= 11 is 1.47. The number of benzene rings is 1. The van der Waals surface area contributed by atoms with Crippen LogP contribution in [0.3, 0.4) is 0 Å². The molecule has 1 N–H and O–H groups in total. The lowest BCUT2D eigenvalue weighted by atomic mass is 10.2. The van der Waals surface area contributed by atoms with Gasteiger partial charge >= 0.3 is 0 Å². The summed E-state index contributed by atoms with van der Waals surface area (Å²) in [5.41, 5.74) is 1.73. The van der Waals surface area contributed by atoms with E-state index in [2.05, 4.69) is 20.2 Å². The minimum atomic E-state index is -0.255. The van der Waals surface area contributed by atoms with Crippen molar-refractivity contribution in [3.63, 3.8) is 0 Å². The van der Waals surface area contributed by atoms with Crippen molar-refractivity contribution in [2.24, 2.45) is 0 Å². The van der Waals surface area contributed by atoms with Crippen LogP contribution in [0.25, 0.3) is 11.3 Å². The summed E-state index contributed by atoms with van der Waals surface area (Å²) in [5.74, 6) is 1.41. The Morgan fingerprint density at radius 3 is 2.75 bits per heavy atom. The van der Waals surface area contributed by atoms with Crippen molar-refractivity contribution in [2.75, 3.05) is 0 Å². The average Bonchev–Trinajstić information content (AvgIpc) is 3.06. The quantitative estimate of drug-likeness (QED) is 0.747. The number of nitrogens with zero attached hydrogens (tertiary/aromatic N) is 3. The Labute approximate surface area is 118 Å². The third-order valence-corrected chi connectivity index (χ3v) is 3.48. The monoisotopic (exact) mass is 290 g/mol. The number of aromatic amines is 1. The van der Waals surface area contributed by atoms with Gasteiger partial charge in [0, 0.05) is 6.92 Å². The summed E-state index contributed by atoms with van der Waals surface area (Å²) < 4.78 is 18.1. The van der Waals surface area contributed by atoms with Gasteiger partial charge in [-0.1, -0.05) is 11.8 Å². The number of H-pyrrole nitrogens is 1. The van der Waals surface area contributed by atoms with Crippen LogP contribution >= 0.6 is 11.8 Å². The highest BCUT2D eigenvalue weighted by Crippen LogP contribution is 2.23. The van der Waals surface area contributed by atoms with E-state index in [4.69, 9.17) is 4.42 Å². The first kappa shape index (κ1) is 12.9. The average molecular weight is 290 g/mol. The Bertz CT molecular complexity index is 707. The van der Waals surface area contributed by atoms with Gasteiger partial charge in [0.25, 0.3) is 0 Å². The van der Waals surface area contributed by atoms with Crippen LogP contribution in [0.5, 0.6) is 0 Å². The van der Waals surface area contributed by atoms with Gasteiger partial charge in [0.15, 0.2) is 5.16 Å². The minimum Gasteiger partial charge on any atom is -0.425 e. The van der Waals surface area contributed by atoms with Crippen LogP contribution in [0.4, 0.5) is 4.39 Å². The predicted octanol–water partition coefficient (Wildman–Crippen LogP) is 3.20. The molecular formula is C13H11FN4OS. The zero-order chi connectivity index (χ0) is 13.9. The SMILES string of the molecule is Cc1nnc(CSc2ncc(-c3ccc(F)cc3)[nH]2)o1. The van der Waals surface area contributed by atoms with E-state index in [9.17, 15) is 4.39 Å². The summed E-state index contributed by atoms with van der Waals surface area (Å²) in [6.07, 6.45) is 1.72. The molecule has 0 aliphatic rings. The van der Waals surface area contributed by atoms with Crippen LogP contribution in [-0.2, 0) is 5.75 Å². The van der Waals surface area contributed by atoms with Crippen molar-refractivity contribution < 1.29 is 8.81 Å². The molecule has 2 aromatic heterocycles. The topological polar surface area (TPSA) is 67.6 Å². The largest absolute Gasteiger partial charge is 0.425 e. The van der Waals surface area contributed by atoms with Crippen LogP contribution < -0.4 is 0 Å². The van der Waals surface area contributed by atoms with E-state index in [0.29, 0.717) is 17.5 Å².